The molecule has 0 aliphatic carbocycles. The van der Waals surface area contributed by atoms with Gasteiger partial charge < -0.3 is 0 Å². The van der Waals surface area contributed by atoms with E-state index in [1.165, 1.54) is 0 Å². The maximum Gasteiger partial charge on any atom is 0.231 e. The minimum atomic E-state index is 0.0159. The van der Waals surface area contributed by atoms with E-state index >= 15 is 0 Å². The fraction of sp³-hybridized carbons (Fsp3) is 0.188. The molecule has 0 saturated carbocycles. The molecule has 2 atom stereocenters. The van der Waals surface area contributed by atoms with Crippen LogP contribution in [0, 0.1) is 11.8 Å². The zero-order valence-corrected chi connectivity index (χ0v) is 20.8. The highest BCUT2D eigenvalue weighted by Crippen LogP contribution is 2.31. The van der Waals surface area contributed by atoms with E-state index in [0.717, 1.165) is 22.7 Å². The third kappa shape index (κ3) is 6.08. The lowest BCUT2D eigenvalue weighted by atomic mass is 9.89. The van der Waals surface area contributed by atoms with Gasteiger partial charge in [0, 0.05) is 35.6 Å². The van der Waals surface area contributed by atoms with Crippen LogP contribution < -0.4 is 9.80 Å². The van der Waals surface area contributed by atoms with Crippen LogP contribution in [0.2, 0.25) is 0 Å². The number of rotatable bonds is 9. The standard InChI is InChI=1S/C32H32N2O2/c1-25(23-31(35)33(27-15-7-3-8-16-27)28-17-9-4-10-18-28)26(2)24-32(36)34(29-19-11-5-12-20-29)30-21-13-6-14-22-30/h3-22,25-26H,23-24H2,1-2H3/t25-,26-/m1/s1. The van der Waals surface area contributed by atoms with Crippen LogP contribution in [0.15, 0.2) is 121 Å². The van der Waals surface area contributed by atoms with Crippen molar-refractivity contribution in [2.45, 2.75) is 26.7 Å². The predicted octanol–water partition coefficient (Wildman–Crippen LogP) is 7.77. The molecule has 0 fully saturated rings. The molecule has 4 aromatic carbocycles. The largest absolute Gasteiger partial charge is 0.281 e. The molecule has 4 heteroatoms. The highest BCUT2D eigenvalue weighted by Gasteiger charge is 2.26. The van der Waals surface area contributed by atoms with Crippen molar-refractivity contribution < 1.29 is 9.59 Å². The minimum Gasteiger partial charge on any atom is -0.281 e. The normalized spacial score (nSPS) is 12.4. The first kappa shape index (κ1) is 24.9. The molecule has 4 nitrogen and oxygen atoms in total. The number of para-hydroxylation sites is 4. The van der Waals surface area contributed by atoms with Crippen LogP contribution in [0.25, 0.3) is 0 Å². The van der Waals surface area contributed by atoms with Crippen molar-refractivity contribution in [1.29, 1.82) is 0 Å². The van der Waals surface area contributed by atoms with E-state index in [1.54, 1.807) is 9.80 Å². The van der Waals surface area contributed by atoms with Gasteiger partial charge in [0.15, 0.2) is 0 Å². The Hall–Kier alpha value is -4.18. The van der Waals surface area contributed by atoms with Gasteiger partial charge in [-0.2, -0.15) is 0 Å². The third-order valence-electron chi connectivity index (χ3n) is 6.52. The molecule has 0 radical (unpaired) electrons. The summed E-state index contributed by atoms with van der Waals surface area (Å²) in [4.78, 5) is 30.6. The number of hydrogen-bond acceptors (Lipinski definition) is 2. The van der Waals surface area contributed by atoms with E-state index in [-0.39, 0.29) is 23.7 Å². The molecule has 0 saturated heterocycles. The molecular weight excluding hydrogens is 444 g/mol. The summed E-state index contributed by atoms with van der Waals surface area (Å²) >= 11 is 0. The number of carbonyl (C=O) groups is 2. The first-order chi connectivity index (χ1) is 17.5. The van der Waals surface area contributed by atoms with Gasteiger partial charge in [-0.25, -0.2) is 0 Å². The first-order valence-electron chi connectivity index (χ1n) is 12.4. The lowest BCUT2D eigenvalue weighted by molar-refractivity contribution is -0.121. The highest BCUT2D eigenvalue weighted by atomic mass is 16.2. The average Bonchev–Trinajstić information content (AvgIpc) is 2.91. The zero-order chi connectivity index (χ0) is 25.3. The van der Waals surface area contributed by atoms with Crippen molar-refractivity contribution in [3.05, 3.63) is 121 Å². The Morgan fingerprint density at radius 2 is 0.694 bits per heavy atom. The lowest BCUT2D eigenvalue weighted by Gasteiger charge is -2.28. The Kier molecular flexibility index (Phi) is 8.30. The molecular formula is C32H32N2O2. The first-order valence-corrected chi connectivity index (χ1v) is 12.4. The molecule has 0 spiro atoms. The van der Waals surface area contributed by atoms with Crippen LogP contribution in [0.5, 0.6) is 0 Å². The van der Waals surface area contributed by atoms with Crippen molar-refractivity contribution in [1.82, 2.24) is 0 Å². The average molecular weight is 477 g/mol. The molecule has 0 aliphatic rings. The Labute approximate surface area is 213 Å². The van der Waals surface area contributed by atoms with Crippen molar-refractivity contribution in [3.63, 3.8) is 0 Å². The zero-order valence-electron chi connectivity index (χ0n) is 20.8. The number of amides is 2. The molecule has 0 unspecified atom stereocenters. The summed E-state index contributed by atoms with van der Waals surface area (Å²) in [5, 5.41) is 0. The number of carbonyl (C=O) groups excluding carboxylic acids is 2. The van der Waals surface area contributed by atoms with Crippen molar-refractivity contribution in [2.24, 2.45) is 11.8 Å². The van der Waals surface area contributed by atoms with Gasteiger partial charge in [0.2, 0.25) is 11.8 Å². The van der Waals surface area contributed by atoms with E-state index < -0.39 is 0 Å². The van der Waals surface area contributed by atoms with E-state index in [9.17, 15) is 9.59 Å². The molecule has 0 aromatic heterocycles. The van der Waals surface area contributed by atoms with Crippen LogP contribution in [0.4, 0.5) is 22.7 Å². The molecule has 36 heavy (non-hydrogen) atoms. The second kappa shape index (κ2) is 12.0. The van der Waals surface area contributed by atoms with Gasteiger partial charge in [0.05, 0.1) is 0 Å². The van der Waals surface area contributed by atoms with E-state index in [0.29, 0.717) is 12.8 Å². The van der Waals surface area contributed by atoms with E-state index in [1.807, 2.05) is 121 Å². The van der Waals surface area contributed by atoms with Crippen LogP contribution >= 0.6 is 0 Å². The molecule has 0 bridgehead atoms. The monoisotopic (exact) mass is 476 g/mol. The molecule has 4 rings (SSSR count). The van der Waals surface area contributed by atoms with E-state index in [2.05, 4.69) is 13.8 Å². The fourth-order valence-corrected chi connectivity index (χ4v) is 4.32. The topological polar surface area (TPSA) is 40.6 Å². The van der Waals surface area contributed by atoms with Gasteiger partial charge in [0.25, 0.3) is 0 Å². The minimum absolute atomic E-state index is 0.0159. The summed E-state index contributed by atoms with van der Waals surface area (Å²) in [5.74, 6) is 0.0684. The van der Waals surface area contributed by atoms with Crippen molar-refractivity contribution >= 4 is 34.6 Å². The van der Waals surface area contributed by atoms with Gasteiger partial charge in [-0.3, -0.25) is 19.4 Å². The lowest BCUT2D eigenvalue weighted by Crippen LogP contribution is -2.31. The van der Waals surface area contributed by atoms with Gasteiger partial charge in [-0.1, -0.05) is 86.6 Å². The number of nitrogens with zero attached hydrogens (tertiary/aromatic N) is 2. The van der Waals surface area contributed by atoms with Crippen LogP contribution in [-0.4, -0.2) is 11.8 Å². The quantitative estimate of drug-likeness (QED) is 0.248. The van der Waals surface area contributed by atoms with Gasteiger partial charge >= 0.3 is 0 Å². The second-order valence-electron chi connectivity index (χ2n) is 9.16. The summed E-state index contributed by atoms with van der Waals surface area (Å²) < 4.78 is 0. The number of hydrogen-bond donors (Lipinski definition) is 0. The smallest absolute Gasteiger partial charge is 0.231 e. The summed E-state index contributed by atoms with van der Waals surface area (Å²) in [5.41, 5.74) is 3.35. The Morgan fingerprint density at radius 1 is 0.472 bits per heavy atom. The molecule has 0 aliphatic heterocycles. The Balaban J connectivity index is 1.49. The Morgan fingerprint density at radius 3 is 0.917 bits per heavy atom. The third-order valence-corrected chi connectivity index (χ3v) is 6.52. The highest BCUT2D eigenvalue weighted by molar-refractivity contribution is 6.01. The van der Waals surface area contributed by atoms with E-state index in [4.69, 9.17) is 0 Å². The summed E-state index contributed by atoms with van der Waals surface area (Å²) in [6.07, 6.45) is 0.684. The molecule has 2 amide bonds. The maximum absolute atomic E-state index is 13.6. The second-order valence-corrected chi connectivity index (χ2v) is 9.16. The van der Waals surface area contributed by atoms with Gasteiger partial charge in [-0.05, 0) is 60.4 Å². The molecule has 4 aromatic rings. The molecule has 182 valence electrons. The fourth-order valence-electron chi connectivity index (χ4n) is 4.32. The number of benzene rings is 4. The maximum atomic E-state index is 13.6. The molecule has 0 heterocycles. The molecule has 0 N–H and O–H groups in total. The Bertz CT molecular complexity index is 1060. The van der Waals surface area contributed by atoms with Crippen molar-refractivity contribution in [2.75, 3.05) is 9.80 Å². The summed E-state index contributed by atoms with van der Waals surface area (Å²) in [6.45, 7) is 4.11. The van der Waals surface area contributed by atoms with Crippen LogP contribution in [0.1, 0.15) is 26.7 Å². The SMILES string of the molecule is C[C@H](CC(=O)N(c1ccccc1)c1ccccc1)[C@H](C)CC(=O)N(c1ccccc1)c1ccccc1. The van der Waals surface area contributed by atoms with Crippen LogP contribution in [0.3, 0.4) is 0 Å². The van der Waals surface area contributed by atoms with Crippen molar-refractivity contribution in [3.8, 4) is 0 Å². The summed E-state index contributed by atoms with van der Waals surface area (Å²) in [7, 11) is 0. The number of anilines is 4. The van der Waals surface area contributed by atoms with Crippen LogP contribution in [-0.2, 0) is 9.59 Å². The summed E-state index contributed by atoms with van der Waals surface area (Å²) in [6, 6.07) is 38.8. The van der Waals surface area contributed by atoms with Gasteiger partial charge in [0.1, 0.15) is 0 Å². The predicted molar refractivity (Wildman–Crippen MR) is 148 cm³/mol. The van der Waals surface area contributed by atoms with Gasteiger partial charge in [-0.15, -0.1) is 0 Å².